The summed E-state index contributed by atoms with van der Waals surface area (Å²) in [6, 6.07) is 6.96. The number of anilines is 1. The van der Waals surface area contributed by atoms with E-state index in [2.05, 4.69) is 15.2 Å². The summed E-state index contributed by atoms with van der Waals surface area (Å²) in [7, 11) is 0. The minimum atomic E-state index is -1.13. The molecule has 1 aromatic carbocycles. The summed E-state index contributed by atoms with van der Waals surface area (Å²) in [5.41, 5.74) is 7.14. The van der Waals surface area contributed by atoms with E-state index in [4.69, 9.17) is 10.8 Å². The highest BCUT2D eigenvalue weighted by Gasteiger charge is 2.12. The highest BCUT2D eigenvalue weighted by molar-refractivity contribution is 5.86. The van der Waals surface area contributed by atoms with E-state index in [1.54, 1.807) is 31.2 Å². The first-order chi connectivity index (χ1) is 8.08. The van der Waals surface area contributed by atoms with Crippen molar-refractivity contribution in [2.24, 2.45) is 0 Å². The van der Waals surface area contributed by atoms with Crippen LogP contribution < -0.4 is 5.73 Å². The summed E-state index contributed by atoms with van der Waals surface area (Å²) in [5, 5.41) is 16.2. The van der Waals surface area contributed by atoms with Gasteiger partial charge >= 0.3 is 5.97 Å². The predicted octanol–water partition coefficient (Wildman–Crippen LogP) is 1.13. The number of nitrogens with two attached hydrogens (primary N) is 1. The molecular weight excluding hydrogens is 220 g/mol. The van der Waals surface area contributed by atoms with Gasteiger partial charge in [0, 0.05) is 11.3 Å². The maximum absolute atomic E-state index is 10.8. The molecule has 0 unspecified atom stereocenters. The molecule has 6 nitrogen and oxygen atoms in total. The molecule has 0 fully saturated rings. The second kappa shape index (κ2) is 4.17. The fourth-order valence-corrected chi connectivity index (χ4v) is 1.36. The van der Waals surface area contributed by atoms with Crippen LogP contribution in [0.3, 0.4) is 0 Å². The summed E-state index contributed by atoms with van der Waals surface area (Å²) < 4.78 is 0. The van der Waals surface area contributed by atoms with Gasteiger partial charge in [0.1, 0.15) is 0 Å². The fraction of sp³-hybridized carbons (Fsp3) is 0.0909. The SMILES string of the molecule is Cc1nc(-c2ccc(N)cc2)nnc1C(=O)O. The first-order valence-corrected chi connectivity index (χ1v) is 4.88. The lowest BCUT2D eigenvalue weighted by molar-refractivity contribution is 0.0687. The van der Waals surface area contributed by atoms with Crippen LogP contribution in [0.1, 0.15) is 16.2 Å². The zero-order chi connectivity index (χ0) is 12.4. The van der Waals surface area contributed by atoms with Crippen LogP contribution >= 0.6 is 0 Å². The molecular formula is C11H10N4O2. The normalized spacial score (nSPS) is 10.2. The number of nitrogen functional groups attached to an aromatic ring is 1. The minimum absolute atomic E-state index is 0.135. The number of carbonyl (C=O) groups is 1. The van der Waals surface area contributed by atoms with Crippen LogP contribution in [0.5, 0.6) is 0 Å². The molecule has 0 aliphatic heterocycles. The highest BCUT2D eigenvalue weighted by atomic mass is 16.4. The Kier molecular flexibility index (Phi) is 2.70. The Balaban J connectivity index is 2.44. The number of nitrogens with zero attached hydrogens (tertiary/aromatic N) is 3. The number of benzene rings is 1. The maximum Gasteiger partial charge on any atom is 0.358 e. The molecule has 0 atom stereocenters. The molecule has 0 saturated heterocycles. The van der Waals surface area contributed by atoms with Crippen molar-refractivity contribution >= 4 is 11.7 Å². The number of aromatic carboxylic acids is 1. The molecule has 3 N–H and O–H groups in total. The van der Waals surface area contributed by atoms with Crippen LogP contribution in [-0.2, 0) is 0 Å². The minimum Gasteiger partial charge on any atom is -0.476 e. The third-order valence-corrected chi connectivity index (χ3v) is 2.23. The van der Waals surface area contributed by atoms with Crippen molar-refractivity contribution in [1.29, 1.82) is 0 Å². The zero-order valence-electron chi connectivity index (χ0n) is 9.08. The number of hydrogen-bond acceptors (Lipinski definition) is 5. The molecule has 0 bridgehead atoms. The van der Waals surface area contributed by atoms with E-state index >= 15 is 0 Å². The van der Waals surface area contributed by atoms with Gasteiger partial charge in [-0.2, -0.15) is 0 Å². The fourth-order valence-electron chi connectivity index (χ4n) is 1.36. The van der Waals surface area contributed by atoms with Gasteiger partial charge in [0.25, 0.3) is 0 Å². The number of aromatic nitrogens is 3. The first kappa shape index (κ1) is 11.0. The molecule has 2 rings (SSSR count). The summed E-state index contributed by atoms with van der Waals surface area (Å²) in [4.78, 5) is 14.9. The molecule has 6 heteroatoms. The largest absolute Gasteiger partial charge is 0.476 e. The summed E-state index contributed by atoms with van der Waals surface area (Å²) >= 11 is 0. The van der Waals surface area contributed by atoms with Gasteiger partial charge in [-0.15, -0.1) is 10.2 Å². The Morgan fingerprint density at radius 3 is 2.41 bits per heavy atom. The van der Waals surface area contributed by atoms with Gasteiger partial charge in [0.2, 0.25) is 0 Å². The summed E-state index contributed by atoms with van der Waals surface area (Å²) in [6.07, 6.45) is 0. The standard InChI is InChI=1S/C11H10N4O2/c1-6-9(11(16)17)14-15-10(13-6)7-2-4-8(12)5-3-7/h2-5H,12H2,1H3,(H,16,17). The molecule has 86 valence electrons. The number of carboxylic acid groups (broad SMARTS) is 1. The Hall–Kier alpha value is -2.50. The predicted molar refractivity (Wildman–Crippen MR) is 61.4 cm³/mol. The third-order valence-electron chi connectivity index (χ3n) is 2.23. The quantitative estimate of drug-likeness (QED) is 0.749. The Morgan fingerprint density at radius 2 is 1.88 bits per heavy atom. The van der Waals surface area contributed by atoms with Crippen molar-refractivity contribution in [2.75, 3.05) is 5.73 Å². The Labute approximate surface area is 97.1 Å². The molecule has 0 radical (unpaired) electrons. The molecule has 17 heavy (non-hydrogen) atoms. The molecule has 0 aliphatic carbocycles. The molecule has 1 aromatic heterocycles. The van der Waals surface area contributed by atoms with Crippen LogP contribution in [0.4, 0.5) is 5.69 Å². The van der Waals surface area contributed by atoms with Crippen molar-refractivity contribution in [3.63, 3.8) is 0 Å². The zero-order valence-corrected chi connectivity index (χ0v) is 9.08. The van der Waals surface area contributed by atoms with E-state index in [1.807, 2.05) is 0 Å². The summed E-state index contributed by atoms with van der Waals surface area (Å²) in [5.74, 6) is -0.751. The first-order valence-electron chi connectivity index (χ1n) is 4.88. The highest BCUT2D eigenvalue weighted by Crippen LogP contribution is 2.16. The van der Waals surface area contributed by atoms with E-state index in [9.17, 15) is 4.79 Å². The van der Waals surface area contributed by atoms with E-state index in [0.29, 0.717) is 17.2 Å². The van der Waals surface area contributed by atoms with E-state index in [0.717, 1.165) is 5.56 Å². The Bertz CT molecular complexity index is 566. The molecule has 2 aromatic rings. The van der Waals surface area contributed by atoms with Crippen LogP contribution in [0, 0.1) is 6.92 Å². The lowest BCUT2D eigenvalue weighted by Crippen LogP contribution is -2.08. The monoisotopic (exact) mass is 230 g/mol. The van der Waals surface area contributed by atoms with Crippen molar-refractivity contribution in [2.45, 2.75) is 6.92 Å². The second-order valence-electron chi connectivity index (χ2n) is 3.50. The average Bonchev–Trinajstić information content (AvgIpc) is 2.29. The number of aryl methyl sites for hydroxylation is 1. The van der Waals surface area contributed by atoms with Crippen molar-refractivity contribution < 1.29 is 9.90 Å². The van der Waals surface area contributed by atoms with E-state index in [-0.39, 0.29) is 5.69 Å². The van der Waals surface area contributed by atoms with Crippen LogP contribution in [0.15, 0.2) is 24.3 Å². The van der Waals surface area contributed by atoms with Crippen LogP contribution in [0.25, 0.3) is 11.4 Å². The molecule has 0 amide bonds. The van der Waals surface area contributed by atoms with Gasteiger partial charge in [0.05, 0.1) is 5.69 Å². The van der Waals surface area contributed by atoms with Gasteiger partial charge in [0.15, 0.2) is 11.5 Å². The second-order valence-corrected chi connectivity index (χ2v) is 3.50. The molecule has 0 spiro atoms. The Morgan fingerprint density at radius 1 is 1.24 bits per heavy atom. The van der Waals surface area contributed by atoms with Gasteiger partial charge in [-0.1, -0.05) is 0 Å². The topological polar surface area (TPSA) is 102 Å². The van der Waals surface area contributed by atoms with E-state index < -0.39 is 5.97 Å². The molecule has 1 heterocycles. The van der Waals surface area contributed by atoms with Crippen LogP contribution in [0.2, 0.25) is 0 Å². The van der Waals surface area contributed by atoms with Gasteiger partial charge in [-0.3, -0.25) is 0 Å². The number of hydrogen-bond donors (Lipinski definition) is 2. The number of carboxylic acids is 1. The van der Waals surface area contributed by atoms with Crippen molar-refractivity contribution in [1.82, 2.24) is 15.2 Å². The number of rotatable bonds is 2. The lowest BCUT2D eigenvalue weighted by Gasteiger charge is -2.02. The summed E-state index contributed by atoms with van der Waals surface area (Å²) in [6.45, 7) is 1.58. The van der Waals surface area contributed by atoms with Crippen molar-refractivity contribution in [3.8, 4) is 11.4 Å². The van der Waals surface area contributed by atoms with Crippen LogP contribution in [-0.4, -0.2) is 26.3 Å². The lowest BCUT2D eigenvalue weighted by atomic mass is 10.2. The molecule has 0 aliphatic rings. The van der Waals surface area contributed by atoms with Gasteiger partial charge < -0.3 is 10.8 Å². The third kappa shape index (κ3) is 2.20. The average molecular weight is 230 g/mol. The van der Waals surface area contributed by atoms with Gasteiger partial charge in [-0.25, -0.2) is 9.78 Å². The smallest absolute Gasteiger partial charge is 0.358 e. The van der Waals surface area contributed by atoms with Gasteiger partial charge in [-0.05, 0) is 31.2 Å². The maximum atomic E-state index is 10.8. The van der Waals surface area contributed by atoms with E-state index in [1.165, 1.54) is 0 Å². The molecule has 0 saturated carbocycles. The van der Waals surface area contributed by atoms with Crippen molar-refractivity contribution in [3.05, 3.63) is 35.7 Å².